The minimum absolute atomic E-state index is 0.125. The van der Waals surface area contributed by atoms with Gasteiger partial charge in [0, 0.05) is 32.6 Å². The van der Waals surface area contributed by atoms with Gasteiger partial charge in [0.2, 0.25) is 5.91 Å². The second-order valence-corrected chi connectivity index (χ2v) is 5.50. The topological polar surface area (TPSA) is 60.9 Å². The first-order valence-corrected chi connectivity index (χ1v) is 6.77. The number of likely N-dealkylation sites (tertiary alicyclic amines) is 1. The Morgan fingerprint density at radius 1 is 1.22 bits per heavy atom. The smallest absolute Gasteiger partial charge is 0.317 e. The molecule has 0 radical (unpaired) electrons. The molecule has 0 aromatic heterocycles. The Hall–Kier alpha value is -1.10. The fourth-order valence-corrected chi connectivity index (χ4v) is 2.69. The van der Waals surface area contributed by atoms with Crippen LogP contribution in [0.25, 0.3) is 0 Å². The van der Waals surface area contributed by atoms with Crippen LogP contribution < -0.4 is 0 Å². The molecule has 1 aliphatic heterocycles. The third-order valence-corrected chi connectivity index (χ3v) is 3.95. The van der Waals surface area contributed by atoms with Crippen molar-refractivity contribution in [1.29, 1.82) is 0 Å². The first-order valence-electron chi connectivity index (χ1n) is 6.77. The molecular weight excluding hydrogens is 232 g/mol. The molecule has 0 aromatic rings. The van der Waals surface area contributed by atoms with Gasteiger partial charge in [0.15, 0.2) is 0 Å². The maximum Gasteiger partial charge on any atom is 0.317 e. The van der Waals surface area contributed by atoms with E-state index >= 15 is 0 Å². The zero-order valence-corrected chi connectivity index (χ0v) is 11.0. The number of hydrogen-bond donors (Lipinski definition) is 1. The van der Waals surface area contributed by atoms with Crippen LogP contribution in [0.4, 0.5) is 0 Å². The van der Waals surface area contributed by atoms with Gasteiger partial charge < -0.3 is 10.0 Å². The van der Waals surface area contributed by atoms with E-state index in [1.807, 2.05) is 4.90 Å². The second-order valence-electron chi connectivity index (χ2n) is 5.50. The Bertz CT molecular complexity index is 320. The van der Waals surface area contributed by atoms with E-state index in [0.29, 0.717) is 12.0 Å². The molecule has 2 rings (SSSR count). The monoisotopic (exact) mass is 254 g/mol. The van der Waals surface area contributed by atoms with Crippen LogP contribution in [-0.4, -0.2) is 59.0 Å². The molecule has 102 valence electrons. The number of nitrogens with zero attached hydrogens (tertiary/aromatic N) is 2. The van der Waals surface area contributed by atoms with Crippen molar-refractivity contribution in [3.8, 4) is 0 Å². The van der Waals surface area contributed by atoms with E-state index in [2.05, 4.69) is 4.90 Å². The SMILES string of the molecule is CC(=O)N1CCC(N(CC(=O)O)CC2CC2)CC1. The fourth-order valence-electron chi connectivity index (χ4n) is 2.69. The largest absolute Gasteiger partial charge is 0.480 e. The van der Waals surface area contributed by atoms with Crippen LogP contribution in [0.5, 0.6) is 0 Å². The van der Waals surface area contributed by atoms with E-state index in [9.17, 15) is 9.59 Å². The molecule has 2 aliphatic rings. The van der Waals surface area contributed by atoms with Crippen molar-refractivity contribution in [2.24, 2.45) is 5.92 Å². The van der Waals surface area contributed by atoms with Crippen LogP contribution in [0.3, 0.4) is 0 Å². The summed E-state index contributed by atoms with van der Waals surface area (Å²) in [5.74, 6) is 0.0836. The van der Waals surface area contributed by atoms with Gasteiger partial charge in [-0.2, -0.15) is 0 Å². The highest BCUT2D eigenvalue weighted by atomic mass is 16.4. The molecule has 1 saturated carbocycles. The molecule has 18 heavy (non-hydrogen) atoms. The van der Waals surface area contributed by atoms with Crippen molar-refractivity contribution in [2.45, 2.75) is 38.6 Å². The van der Waals surface area contributed by atoms with Gasteiger partial charge in [0.25, 0.3) is 0 Å². The van der Waals surface area contributed by atoms with Gasteiger partial charge in [-0.15, -0.1) is 0 Å². The summed E-state index contributed by atoms with van der Waals surface area (Å²) in [5, 5.41) is 8.98. The third-order valence-electron chi connectivity index (χ3n) is 3.95. The van der Waals surface area contributed by atoms with Crippen LogP contribution in [0, 0.1) is 5.92 Å². The molecule has 1 aliphatic carbocycles. The number of carboxylic acid groups (broad SMARTS) is 1. The van der Waals surface area contributed by atoms with E-state index in [0.717, 1.165) is 32.5 Å². The molecule has 5 heteroatoms. The first kappa shape index (κ1) is 13.3. The van der Waals surface area contributed by atoms with Crippen LogP contribution >= 0.6 is 0 Å². The zero-order valence-electron chi connectivity index (χ0n) is 11.0. The fraction of sp³-hybridized carbons (Fsp3) is 0.846. The maximum atomic E-state index is 11.3. The zero-order chi connectivity index (χ0) is 13.1. The molecule has 2 fully saturated rings. The standard InChI is InChI=1S/C13H22N2O3/c1-10(16)14-6-4-12(5-7-14)15(9-13(17)18)8-11-2-3-11/h11-12H,2-9H2,1H3,(H,17,18). The summed E-state index contributed by atoms with van der Waals surface area (Å²) in [6.45, 7) is 4.18. The summed E-state index contributed by atoms with van der Waals surface area (Å²) >= 11 is 0. The van der Waals surface area contributed by atoms with Gasteiger partial charge in [-0.1, -0.05) is 0 Å². The van der Waals surface area contributed by atoms with E-state index in [4.69, 9.17) is 5.11 Å². The Kier molecular flexibility index (Phi) is 4.22. The minimum Gasteiger partial charge on any atom is -0.480 e. The van der Waals surface area contributed by atoms with Crippen molar-refractivity contribution < 1.29 is 14.7 Å². The molecular formula is C13H22N2O3. The van der Waals surface area contributed by atoms with Crippen molar-refractivity contribution in [3.05, 3.63) is 0 Å². The molecule has 5 nitrogen and oxygen atoms in total. The van der Waals surface area contributed by atoms with Crippen molar-refractivity contribution in [1.82, 2.24) is 9.80 Å². The highest BCUT2D eigenvalue weighted by Gasteiger charge is 2.31. The lowest BCUT2D eigenvalue weighted by molar-refractivity contribution is -0.140. The Balaban J connectivity index is 1.86. The quantitative estimate of drug-likeness (QED) is 0.788. The highest BCUT2D eigenvalue weighted by molar-refractivity contribution is 5.73. The minimum atomic E-state index is -0.746. The molecule has 1 N–H and O–H groups in total. The average molecular weight is 254 g/mol. The molecule has 0 spiro atoms. The number of carbonyl (C=O) groups excluding carboxylic acids is 1. The predicted molar refractivity (Wildman–Crippen MR) is 67.2 cm³/mol. The molecule has 1 heterocycles. The number of rotatable bonds is 5. The highest BCUT2D eigenvalue weighted by Crippen LogP contribution is 2.31. The van der Waals surface area contributed by atoms with Gasteiger partial charge in [-0.05, 0) is 31.6 Å². The third kappa shape index (κ3) is 3.70. The van der Waals surface area contributed by atoms with Crippen LogP contribution in [0.2, 0.25) is 0 Å². The average Bonchev–Trinajstić information content (AvgIpc) is 3.12. The number of carbonyl (C=O) groups is 2. The lowest BCUT2D eigenvalue weighted by Gasteiger charge is -2.37. The van der Waals surface area contributed by atoms with Crippen molar-refractivity contribution in [3.63, 3.8) is 0 Å². The lowest BCUT2D eigenvalue weighted by atomic mass is 10.0. The van der Waals surface area contributed by atoms with E-state index < -0.39 is 5.97 Å². The number of piperidine rings is 1. The summed E-state index contributed by atoms with van der Waals surface area (Å²) < 4.78 is 0. The van der Waals surface area contributed by atoms with Gasteiger partial charge in [-0.3, -0.25) is 14.5 Å². The van der Waals surface area contributed by atoms with Crippen LogP contribution in [-0.2, 0) is 9.59 Å². The van der Waals surface area contributed by atoms with E-state index in [1.165, 1.54) is 12.8 Å². The number of amides is 1. The lowest BCUT2D eigenvalue weighted by Crippen LogP contribution is -2.48. The summed E-state index contributed by atoms with van der Waals surface area (Å²) in [4.78, 5) is 26.1. The molecule has 0 atom stereocenters. The van der Waals surface area contributed by atoms with Crippen molar-refractivity contribution in [2.75, 3.05) is 26.2 Å². The number of carboxylic acids is 1. The van der Waals surface area contributed by atoms with Gasteiger partial charge >= 0.3 is 5.97 Å². The molecule has 1 saturated heterocycles. The maximum absolute atomic E-state index is 11.3. The normalized spacial score (nSPS) is 21.3. The summed E-state index contributed by atoms with van der Waals surface area (Å²) in [6, 6.07) is 0.331. The van der Waals surface area contributed by atoms with E-state index in [1.54, 1.807) is 6.92 Å². The Morgan fingerprint density at radius 3 is 2.28 bits per heavy atom. The number of hydrogen-bond acceptors (Lipinski definition) is 3. The van der Waals surface area contributed by atoms with Crippen molar-refractivity contribution >= 4 is 11.9 Å². The van der Waals surface area contributed by atoms with Crippen LogP contribution in [0.15, 0.2) is 0 Å². The van der Waals surface area contributed by atoms with Gasteiger partial charge in [-0.25, -0.2) is 0 Å². The van der Waals surface area contributed by atoms with E-state index in [-0.39, 0.29) is 12.5 Å². The van der Waals surface area contributed by atoms with Gasteiger partial charge in [0.1, 0.15) is 0 Å². The first-order chi connectivity index (χ1) is 8.56. The van der Waals surface area contributed by atoms with Crippen LogP contribution in [0.1, 0.15) is 32.6 Å². The summed E-state index contributed by atoms with van der Waals surface area (Å²) in [5.41, 5.74) is 0. The van der Waals surface area contributed by atoms with Gasteiger partial charge in [0.05, 0.1) is 6.54 Å². The Labute approximate surface area is 108 Å². The predicted octanol–water partition coefficient (Wildman–Crippen LogP) is 0.794. The molecule has 1 amide bonds. The molecule has 0 aromatic carbocycles. The number of aliphatic carboxylic acids is 1. The summed E-state index contributed by atoms with van der Waals surface area (Å²) in [7, 11) is 0. The molecule has 0 unspecified atom stereocenters. The summed E-state index contributed by atoms with van der Waals surface area (Å²) in [6.07, 6.45) is 4.28. The Morgan fingerprint density at radius 2 is 1.83 bits per heavy atom. The molecule has 0 bridgehead atoms. The second kappa shape index (κ2) is 5.69.